The first-order valence-corrected chi connectivity index (χ1v) is 15.1. The number of hydrogen-bond acceptors (Lipinski definition) is 7. The van der Waals surface area contributed by atoms with Crippen molar-refractivity contribution in [3.05, 3.63) is 23.3 Å². The molecule has 2 aliphatic heterocycles. The minimum absolute atomic E-state index is 0.00716. The number of benzene rings is 1. The second-order valence-electron chi connectivity index (χ2n) is 12.1. The molecule has 1 aromatic carbocycles. The van der Waals surface area contributed by atoms with Crippen LogP contribution in [0.1, 0.15) is 91.2 Å². The van der Waals surface area contributed by atoms with E-state index in [4.69, 9.17) is 14.0 Å². The largest absolute Gasteiger partial charge is 0.485 e. The fourth-order valence-electron chi connectivity index (χ4n) is 6.59. The zero-order valence-corrected chi connectivity index (χ0v) is 24.9. The molecule has 1 aromatic rings. The van der Waals surface area contributed by atoms with Gasteiger partial charge >= 0.3 is 0 Å². The lowest BCUT2D eigenvalue weighted by Gasteiger charge is -2.60. The Morgan fingerprint density at radius 3 is 2.43 bits per heavy atom. The Hall–Kier alpha value is -0.990. The van der Waals surface area contributed by atoms with Gasteiger partial charge in [-0.15, -0.1) is 0 Å². The number of nitrogens with zero attached hydrogens (tertiary/aromatic N) is 1. The summed E-state index contributed by atoms with van der Waals surface area (Å²) in [5.74, 6) is 3.20. The first-order chi connectivity index (χ1) is 17.7. The Bertz CT molecular complexity index is 871. The first kappa shape index (κ1) is 30.6. The molecule has 2 bridgehead atoms. The number of rotatable bonds is 8. The molecule has 6 nitrogen and oxygen atoms in total. The topological polar surface area (TPSA) is 82.4 Å². The number of aliphatic hydroxyl groups is 3. The van der Waals surface area contributed by atoms with Crippen LogP contribution >= 0.6 is 12.0 Å². The van der Waals surface area contributed by atoms with Gasteiger partial charge in [-0.3, -0.25) is 4.90 Å². The van der Waals surface area contributed by atoms with Crippen LogP contribution in [0, 0.1) is 11.8 Å². The summed E-state index contributed by atoms with van der Waals surface area (Å²) in [4.78, 5) is 2.59. The zero-order valence-electron chi connectivity index (χ0n) is 24.1. The Labute approximate surface area is 229 Å². The molecule has 4 aliphatic rings. The van der Waals surface area contributed by atoms with Gasteiger partial charge in [-0.1, -0.05) is 46.6 Å². The van der Waals surface area contributed by atoms with Gasteiger partial charge in [0.1, 0.15) is 6.10 Å². The van der Waals surface area contributed by atoms with Gasteiger partial charge in [0.25, 0.3) is 0 Å². The first-order valence-electron chi connectivity index (χ1n) is 14.3. The standard InChI is InChI=1S/C25H37NO4S.C4H10.CH4O/c1-4-6-21-25-11-12-26(14-17-7-5-8-17)20(24(25,3)28)13-18-9-10-19(23(29-21)22(18)25)30-31-16(2)15-27;1-4(2)3;1-2/h9-10,16-17,20-21,27-28H,4-8,11-15H2,1-3H3;4H,1-3H3;2H,1H3. The van der Waals surface area contributed by atoms with Crippen LogP contribution in [0.3, 0.4) is 0 Å². The van der Waals surface area contributed by atoms with Crippen molar-refractivity contribution in [1.82, 2.24) is 4.90 Å². The molecular weight excluding hydrogens is 486 g/mol. The smallest absolute Gasteiger partial charge is 0.179 e. The predicted octanol–water partition coefficient (Wildman–Crippen LogP) is 5.35. The van der Waals surface area contributed by atoms with Crippen molar-refractivity contribution in [3.8, 4) is 11.5 Å². The third-order valence-corrected chi connectivity index (χ3v) is 9.24. The van der Waals surface area contributed by atoms with Gasteiger partial charge in [0.05, 0.1) is 34.9 Å². The molecule has 1 saturated heterocycles. The van der Waals surface area contributed by atoms with Gasteiger partial charge in [0.15, 0.2) is 11.5 Å². The summed E-state index contributed by atoms with van der Waals surface area (Å²) in [6.45, 7) is 14.9. The second kappa shape index (κ2) is 12.9. The van der Waals surface area contributed by atoms with Crippen LogP contribution in [0.4, 0.5) is 0 Å². The van der Waals surface area contributed by atoms with E-state index in [1.807, 2.05) is 13.0 Å². The molecule has 212 valence electrons. The van der Waals surface area contributed by atoms with Gasteiger partial charge in [0, 0.05) is 25.3 Å². The van der Waals surface area contributed by atoms with Crippen molar-refractivity contribution in [1.29, 1.82) is 0 Å². The summed E-state index contributed by atoms with van der Waals surface area (Å²) in [6.07, 6.45) is 7.75. The van der Waals surface area contributed by atoms with Gasteiger partial charge in [-0.25, -0.2) is 0 Å². The van der Waals surface area contributed by atoms with Gasteiger partial charge in [-0.05, 0) is 76.0 Å². The number of fused-ring (bicyclic) bond motifs is 1. The molecular formula is C30H51NO5S. The highest BCUT2D eigenvalue weighted by Crippen LogP contribution is 2.62. The van der Waals surface area contributed by atoms with Crippen LogP contribution in [-0.4, -0.2) is 70.0 Å². The molecule has 0 radical (unpaired) electrons. The van der Waals surface area contributed by atoms with Crippen molar-refractivity contribution in [3.63, 3.8) is 0 Å². The van der Waals surface area contributed by atoms with Crippen LogP contribution in [0.25, 0.3) is 0 Å². The van der Waals surface area contributed by atoms with Gasteiger partial charge < -0.3 is 24.2 Å². The van der Waals surface area contributed by atoms with Crippen molar-refractivity contribution in [2.45, 2.75) is 115 Å². The highest BCUT2D eigenvalue weighted by molar-refractivity contribution is 7.95. The Morgan fingerprint density at radius 2 is 1.86 bits per heavy atom. The van der Waals surface area contributed by atoms with E-state index in [1.54, 1.807) is 0 Å². The van der Waals surface area contributed by atoms with Crippen LogP contribution < -0.4 is 8.92 Å². The molecule has 0 amide bonds. The number of aliphatic hydroxyl groups excluding tert-OH is 2. The molecule has 3 N–H and O–H groups in total. The lowest BCUT2D eigenvalue weighted by molar-refractivity contribution is -0.158. The fraction of sp³-hybridized carbons (Fsp3) is 0.800. The summed E-state index contributed by atoms with van der Waals surface area (Å²) in [6, 6.07) is 4.36. The van der Waals surface area contributed by atoms with E-state index < -0.39 is 5.60 Å². The molecule has 37 heavy (non-hydrogen) atoms. The highest BCUT2D eigenvalue weighted by Gasteiger charge is 2.68. The summed E-state index contributed by atoms with van der Waals surface area (Å²) < 4.78 is 12.7. The normalized spacial score (nSPS) is 30.7. The molecule has 7 heteroatoms. The zero-order chi connectivity index (χ0) is 27.4. The molecule has 1 saturated carbocycles. The lowest BCUT2D eigenvalue weighted by Crippen LogP contribution is -2.73. The highest BCUT2D eigenvalue weighted by atomic mass is 32.2. The van der Waals surface area contributed by atoms with Crippen LogP contribution in [0.5, 0.6) is 11.5 Å². The van der Waals surface area contributed by atoms with E-state index in [2.05, 4.69) is 45.6 Å². The number of likely N-dealkylation sites (tertiary alicyclic amines) is 1. The van der Waals surface area contributed by atoms with Crippen LogP contribution in [0.2, 0.25) is 0 Å². The maximum absolute atomic E-state index is 12.2. The predicted molar refractivity (Wildman–Crippen MR) is 153 cm³/mol. The average Bonchev–Trinajstić information content (AvgIpc) is 3.15. The average molecular weight is 538 g/mol. The molecule has 5 atom stereocenters. The van der Waals surface area contributed by atoms with Crippen molar-refractivity contribution in [2.75, 3.05) is 26.8 Å². The minimum Gasteiger partial charge on any atom is -0.485 e. The van der Waals surface area contributed by atoms with E-state index in [0.29, 0.717) is 0 Å². The third-order valence-electron chi connectivity index (χ3n) is 8.49. The van der Waals surface area contributed by atoms with E-state index in [0.717, 1.165) is 69.2 Å². The Kier molecular flexibility index (Phi) is 10.7. The number of hydrogen-bond donors (Lipinski definition) is 3. The van der Waals surface area contributed by atoms with Crippen LogP contribution in [0.15, 0.2) is 12.1 Å². The van der Waals surface area contributed by atoms with E-state index in [9.17, 15) is 10.2 Å². The molecule has 1 spiro atoms. The van der Waals surface area contributed by atoms with Crippen molar-refractivity contribution >= 4 is 12.0 Å². The Morgan fingerprint density at radius 1 is 1.19 bits per heavy atom. The maximum atomic E-state index is 12.2. The lowest BCUT2D eigenvalue weighted by atomic mass is 9.53. The quantitative estimate of drug-likeness (QED) is 0.386. The van der Waals surface area contributed by atoms with E-state index in [-0.39, 0.29) is 29.4 Å². The molecule has 5 rings (SSSR count). The monoisotopic (exact) mass is 537 g/mol. The summed E-state index contributed by atoms with van der Waals surface area (Å²) >= 11 is 1.28. The van der Waals surface area contributed by atoms with E-state index in [1.165, 1.54) is 42.4 Å². The molecule has 5 unspecified atom stereocenters. The van der Waals surface area contributed by atoms with Crippen LogP contribution in [-0.2, 0) is 11.8 Å². The molecule has 2 fully saturated rings. The summed E-state index contributed by atoms with van der Waals surface area (Å²) in [7, 11) is 1.00. The SMILES string of the molecule is CC(C)C.CCCC1Oc2c(OSC(C)CO)ccc3c2C12CCN(CC1CCC1)C(C3)C2(C)O.CO. The summed E-state index contributed by atoms with van der Waals surface area (Å²) in [5.41, 5.74) is 1.30. The number of ether oxygens (including phenoxy) is 1. The fourth-order valence-corrected chi connectivity index (χ4v) is 7.05. The molecule has 2 aliphatic carbocycles. The van der Waals surface area contributed by atoms with Crippen molar-refractivity contribution < 1.29 is 24.2 Å². The maximum Gasteiger partial charge on any atom is 0.179 e. The number of piperidine rings is 1. The molecule has 0 aromatic heterocycles. The van der Waals surface area contributed by atoms with Gasteiger partial charge in [0.2, 0.25) is 0 Å². The van der Waals surface area contributed by atoms with E-state index >= 15 is 0 Å². The van der Waals surface area contributed by atoms with Crippen molar-refractivity contribution in [2.24, 2.45) is 11.8 Å². The third kappa shape index (κ3) is 5.81. The van der Waals surface area contributed by atoms with Gasteiger partial charge in [-0.2, -0.15) is 0 Å². The summed E-state index contributed by atoms with van der Waals surface area (Å²) in [5, 5.41) is 28.6. The minimum atomic E-state index is -0.836. The second-order valence-corrected chi connectivity index (χ2v) is 13.3. The molecule has 2 heterocycles. The Balaban J connectivity index is 0.000000580.